The van der Waals surface area contributed by atoms with Crippen molar-refractivity contribution in [3.63, 3.8) is 0 Å². The van der Waals surface area contributed by atoms with Gasteiger partial charge in [0, 0.05) is 37.0 Å². The lowest BCUT2D eigenvalue weighted by Gasteiger charge is -2.12. The molecular weight excluding hydrogens is 531 g/mol. The van der Waals surface area contributed by atoms with Gasteiger partial charge in [0.05, 0.1) is 22.4 Å². The lowest BCUT2D eigenvalue weighted by Crippen LogP contribution is -2.00. The molecule has 0 unspecified atom stereocenters. The molecule has 0 spiro atoms. The van der Waals surface area contributed by atoms with Gasteiger partial charge in [0.15, 0.2) is 0 Å². The lowest BCUT2D eigenvalue weighted by atomic mass is 10.0. The summed E-state index contributed by atoms with van der Waals surface area (Å²) < 4.78 is 4.83. The van der Waals surface area contributed by atoms with Crippen molar-refractivity contribution in [1.82, 2.24) is 14.5 Å². The molecule has 0 radical (unpaired) electrons. The maximum absolute atomic E-state index is 5.35. The van der Waals surface area contributed by atoms with E-state index in [0.717, 1.165) is 45.1 Å². The van der Waals surface area contributed by atoms with Gasteiger partial charge in [0.25, 0.3) is 0 Å². The fourth-order valence-corrected chi connectivity index (χ4v) is 7.41. The Morgan fingerprint density at radius 2 is 1.31 bits per heavy atom. The van der Waals surface area contributed by atoms with Crippen LogP contribution in [0.3, 0.4) is 0 Å². The molecule has 200 valence electrons. The van der Waals surface area contributed by atoms with E-state index in [1.54, 1.807) is 0 Å². The Balaban J connectivity index is 1.41. The first-order valence-electron chi connectivity index (χ1n) is 14.2. The highest BCUT2D eigenvalue weighted by molar-refractivity contribution is 7.26. The molecule has 0 aliphatic carbocycles. The van der Waals surface area contributed by atoms with E-state index in [1.807, 2.05) is 17.4 Å². The van der Waals surface area contributed by atoms with E-state index < -0.39 is 0 Å². The van der Waals surface area contributed by atoms with E-state index in [1.165, 1.54) is 36.9 Å². The third kappa shape index (κ3) is 3.95. The smallest absolute Gasteiger partial charge is 0.147 e. The molecule has 0 saturated heterocycles. The van der Waals surface area contributed by atoms with Crippen LogP contribution in [0.1, 0.15) is 11.3 Å². The molecule has 0 fully saturated rings. The molecule has 8 aromatic rings. The van der Waals surface area contributed by atoms with Crippen LogP contribution in [0.15, 0.2) is 127 Å². The van der Waals surface area contributed by atoms with Crippen LogP contribution < -0.4 is 0 Å². The van der Waals surface area contributed by atoms with E-state index in [2.05, 4.69) is 140 Å². The van der Waals surface area contributed by atoms with Crippen LogP contribution in [0.2, 0.25) is 0 Å². The zero-order valence-electron chi connectivity index (χ0n) is 23.4. The van der Waals surface area contributed by atoms with E-state index in [0.29, 0.717) is 0 Å². The molecule has 3 nitrogen and oxygen atoms in total. The highest BCUT2D eigenvalue weighted by atomic mass is 32.1. The average Bonchev–Trinajstić information content (AvgIpc) is 3.62. The first-order valence-corrected chi connectivity index (χ1v) is 15.0. The molecule has 3 aromatic heterocycles. The summed E-state index contributed by atoms with van der Waals surface area (Å²) in [5.74, 6) is 0.936. The van der Waals surface area contributed by atoms with Crippen molar-refractivity contribution in [2.45, 2.75) is 13.8 Å². The number of fused-ring (bicyclic) bond motifs is 4. The number of pyridine rings is 1. The van der Waals surface area contributed by atoms with Crippen molar-refractivity contribution in [3.8, 4) is 39.5 Å². The normalized spacial score (nSPS) is 11.6. The number of thiophene rings is 1. The van der Waals surface area contributed by atoms with Crippen LogP contribution in [-0.2, 0) is 0 Å². The molecule has 0 amide bonds. The number of rotatable bonds is 4. The summed E-state index contributed by atoms with van der Waals surface area (Å²) in [5, 5.41) is 2.60. The number of nitrogens with zero attached hydrogens (tertiary/aromatic N) is 3. The van der Waals surface area contributed by atoms with Gasteiger partial charge in [-0.2, -0.15) is 0 Å². The van der Waals surface area contributed by atoms with Crippen molar-refractivity contribution >= 4 is 42.5 Å². The van der Waals surface area contributed by atoms with Gasteiger partial charge < -0.3 is 0 Å². The fraction of sp³-hybridized carbons (Fsp3) is 0.0526. The van der Waals surface area contributed by atoms with Gasteiger partial charge in [-0.05, 0) is 60.9 Å². The van der Waals surface area contributed by atoms with E-state index in [9.17, 15) is 0 Å². The second-order valence-electron chi connectivity index (χ2n) is 10.7. The number of aromatic nitrogens is 3. The zero-order chi connectivity index (χ0) is 28.2. The Hall–Kier alpha value is -5.06. The summed E-state index contributed by atoms with van der Waals surface area (Å²) in [6.45, 7) is 4.30. The molecule has 3 heterocycles. The number of hydrogen-bond acceptors (Lipinski definition) is 3. The van der Waals surface area contributed by atoms with Gasteiger partial charge >= 0.3 is 0 Å². The third-order valence-electron chi connectivity index (χ3n) is 8.07. The van der Waals surface area contributed by atoms with Crippen molar-refractivity contribution in [2.24, 2.45) is 0 Å². The predicted molar refractivity (Wildman–Crippen MR) is 178 cm³/mol. The van der Waals surface area contributed by atoms with Gasteiger partial charge in [-0.25, -0.2) is 4.98 Å². The first kappa shape index (κ1) is 24.7. The fourth-order valence-electron chi connectivity index (χ4n) is 6.08. The van der Waals surface area contributed by atoms with Gasteiger partial charge in [0.1, 0.15) is 5.82 Å². The van der Waals surface area contributed by atoms with Gasteiger partial charge in [-0.15, -0.1) is 11.3 Å². The second-order valence-corrected chi connectivity index (χ2v) is 11.8. The van der Waals surface area contributed by atoms with Crippen LogP contribution >= 0.6 is 11.3 Å². The summed E-state index contributed by atoms with van der Waals surface area (Å²) in [4.78, 5) is 10.4. The molecule has 0 N–H and O–H groups in total. The number of imidazole rings is 1. The van der Waals surface area contributed by atoms with Crippen LogP contribution in [0, 0.1) is 13.8 Å². The van der Waals surface area contributed by atoms with Crippen molar-refractivity contribution in [2.75, 3.05) is 0 Å². The molecule has 0 saturated carbocycles. The standard InChI is InChI=1S/C38H27N3S/c1-24-18-20-31(37-35(24)30-21-19-28(22-34(30)42-37)26-12-6-3-7-13-26)38-40-33-23-32(27-14-8-4-9-15-27)39-25(2)36(33)41(38)29-16-10-5-11-17-29/h3-23H,1-2H3. The topological polar surface area (TPSA) is 30.7 Å². The van der Waals surface area contributed by atoms with E-state index >= 15 is 0 Å². The minimum atomic E-state index is 0.936. The third-order valence-corrected chi connectivity index (χ3v) is 9.26. The Morgan fingerprint density at radius 1 is 0.619 bits per heavy atom. The number of para-hydroxylation sites is 1. The molecule has 4 heteroatoms. The molecular formula is C38H27N3S. The van der Waals surface area contributed by atoms with Crippen LogP contribution in [0.5, 0.6) is 0 Å². The summed E-state index contributed by atoms with van der Waals surface area (Å²) >= 11 is 1.86. The minimum Gasteiger partial charge on any atom is -0.290 e. The zero-order valence-corrected chi connectivity index (χ0v) is 24.2. The Labute approximate surface area is 248 Å². The van der Waals surface area contributed by atoms with Gasteiger partial charge in [-0.3, -0.25) is 9.55 Å². The second kappa shape index (κ2) is 9.79. The van der Waals surface area contributed by atoms with Gasteiger partial charge in [0.2, 0.25) is 0 Å². The molecule has 5 aromatic carbocycles. The predicted octanol–water partition coefficient (Wildman–Crippen LogP) is 10.4. The lowest BCUT2D eigenvalue weighted by molar-refractivity contribution is 1.08. The summed E-state index contributed by atoms with van der Waals surface area (Å²) in [6, 6.07) is 45.0. The Morgan fingerprint density at radius 3 is 2.05 bits per heavy atom. The maximum atomic E-state index is 5.35. The molecule has 8 rings (SSSR count). The number of aryl methyl sites for hydroxylation is 2. The number of benzene rings is 5. The Kier molecular flexibility index (Phi) is 5.76. The Bertz CT molecular complexity index is 2250. The largest absolute Gasteiger partial charge is 0.290 e. The average molecular weight is 558 g/mol. The molecule has 42 heavy (non-hydrogen) atoms. The monoisotopic (exact) mass is 557 g/mol. The van der Waals surface area contributed by atoms with Crippen LogP contribution in [0.25, 0.3) is 70.7 Å². The molecule has 0 bridgehead atoms. The first-order chi connectivity index (χ1) is 20.7. The van der Waals surface area contributed by atoms with E-state index in [4.69, 9.17) is 9.97 Å². The van der Waals surface area contributed by atoms with E-state index in [-0.39, 0.29) is 0 Å². The van der Waals surface area contributed by atoms with Crippen molar-refractivity contribution in [3.05, 3.63) is 139 Å². The summed E-state index contributed by atoms with van der Waals surface area (Å²) in [7, 11) is 0. The minimum absolute atomic E-state index is 0.936. The highest BCUT2D eigenvalue weighted by Gasteiger charge is 2.22. The molecule has 0 aliphatic rings. The van der Waals surface area contributed by atoms with Crippen LogP contribution in [-0.4, -0.2) is 14.5 Å². The van der Waals surface area contributed by atoms with Crippen molar-refractivity contribution < 1.29 is 0 Å². The summed E-state index contributed by atoms with van der Waals surface area (Å²) in [5.41, 5.74) is 10.9. The SMILES string of the molecule is Cc1ccc(-c2nc3cc(-c4ccccc4)nc(C)c3n2-c2ccccc2)c2sc3cc(-c4ccccc4)ccc3c12. The van der Waals surface area contributed by atoms with Gasteiger partial charge in [-0.1, -0.05) is 97.1 Å². The molecule has 0 aliphatic heterocycles. The van der Waals surface area contributed by atoms with Crippen LogP contribution in [0.4, 0.5) is 0 Å². The quantitative estimate of drug-likeness (QED) is 0.215. The number of hydrogen-bond donors (Lipinski definition) is 0. The highest BCUT2D eigenvalue weighted by Crippen LogP contribution is 2.44. The summed E-state index contributed by atoms with van der Waals surface area (Å²) in [6.07, 6.45) is 0. The van der Waals surface area contributed by atoms with Crippen molar-refractivity contribution in [1.29, 1.82) is 0 Å². The maximum Gasteiger partial charge on any atom is 0.147 e. The molecule has 0 atom stereocenters.